The second-order valence-corrected chi connectivity index (χ2v) is 5.50. The van der Waals surface area contributed by atoms with Crippen molar-refractivity contribution in [3.63, 3.8) is 0 Å². The average Bonchev–Trinajstić information content (AvgIpc) is 2.97. The summed E-state index contributed by atoms with van der Waals surface area (Å²) >= 11 is 3.77. The Morgan fingerprint density at radius 1 is 1.35 bits per heavy atom. The van der Waals surface area contributed by atoms with Crippen LogP contribution >= 0.6 is 33.9 Å². The smallest absolute Gasteiger partial charge is 0.269 e. The van der Waals surface area contributed by atoms with Gasteiger partial charge in [-0.15, -0.1) is 21.5 Å². The highest BCUT2D eigenvalue weighted by molar-refractivity contribution is 14.1. The Kier molecular flexibility index (Phi) is 2.71. The van der Waals surface area contributed by atoms with Gasteiger partial charge in [-0.2, -0.15) is 5.10 Å². The maximum absolute atomic E-state index is 5.62. The van der Waals surface area contributed by atoms with Gasteiger partial charge in [0.05, 0.1) is 8.45 Å². The molecule has 0 aliphatic rings. The van der Waals surface area contributed by atoms with Crippen LogP contribution in [0.2, 0.25) is 0 Å². The maximum atomic E-state index is 5.62. The summed E-state index contributed by atoms with van der Waals surface area (Å²) in [5.41, 5.74) is 0.725. The van der Waals surface area contributed by atoms with Crippen LogP contribution in [0, 0.1) is 3.57 Å². The van der Waals surface area contributed by atoms with Crippen molar-refractivity contribution in [1.82, 2.24) is 20.0 Å². The summed E-state index contributed by atoms with van der Waals surface area (Å²) in [6.45, 7) is 0. The number of hydrogen-bond donors (Lipinski definition) is 0. The predicted molar refractivity (Wildman–Crippen MR) is 72.5 cm³/mol. The van der Waals surface area contributed by atoms with Crippen molar-refractivity contribution >= 4 is 33.9 Å². The van der Waals surface area contributed by atoms with E-state index in [9.17, 15) is 0 Å². The van der Waals surface area contributed by atoms with Crippen LogP contribution in [0.1, 0.15) is 0 Å². The molecule has 7 heteroatoms. The first-order chi connectivity index (χ1) is 8.24. The van der Waals surface area contributed by atoms with Gasteiger partial charge in [0.15, 0.2) is 5.69 Å². The van der Waals surface area contributed by atoms with Gasteiger partial charge >= 0.3 is 0 Å². The van der Waals surface area contributed by atoms with Crippen LogP contribution in [-0.4, -0.2) is 20.0 Å². The Bertz CT molecular complexity index is 643. The van der Waals surface area contributed by atoms with Gasteiger partial charge in [0.25, 0.3) is 11.8 Å². The Morgan fingerprint density at radius 3 is 2.82 bits per heavy atom. The second kappa shape index (κ2) is 4.22. The van der Waals surface area contributed by atoms with Gasteiger partial charge in [0.2, 0.25) is 0 Å². The molecule has 86 valence electrons. The van der Waals surface area contributed by atoms with Crippen LogP contribution < -0.4 is 0 Å². The number of thiophene rings is 1. The Hall–Kier alpha value is -1.22. The molecule has 0 aliphatic heterocycles. The van der Waals surface area contributed by atoms with E-state index in [2.05, 4.69) is 37.9 Å². The van der Waals surface area contributed by atoms with Crippen LogP contribution in [0.25, 0.3) is 22.4 Å². The molecule has 0 saturated heterocycles. The largest absolute Gasteiger partial charge is 0.414 e. The van der Waals surface area contributed by atoms with Crippen molar-refractivity contribution in [3.05, 3.63) is 27.3 Å². The van der Waals surface area contributed by atoms with Gasteiger partial charge in [-0.05, 0) is 34.0 Å². The normalized spacial score (nSPS) is 10.9. The maximum Gasteiger partial charge on any atom is 0.269 e. The molecule has 3 heterocycles. The molecule has 0 unspecified atom stereocenters. The van der Waals surface area contributed by atoms with Crippen LogP contribution in [0.15, 0.2) is 28.1 Å². The van der Waals surface area contributed by atoms with Crippen LogP contribution in [0.4, 0.5) is 0 Å². The van der Waals surface area contributed by atoms with E-state index < -0.39 is 0 Å². The zero-order valence-corrected chi connectivity index (χ0v) is 11.8. The summed E-state index contributed by atoms with van der Waals surface area (Å²) in [6.07, 6.45) is 1.91. The number of nitrogens with zero attached hydrogens (tertiary/aromatic N) is 4. The molecule has 3 aromatic rings. The van der Waals surface area contributed by atoms with Crippen molar-refractivity contribution in [3.8, 4) is 22.4 Å². The van der Waals surface area contributed by atoms with Crippen LogP contribution in [-0.2, 0) is 7.05 Å². The molecule has 5 nitrogen and oxygen atoms in total. The molecule has 0 radical (unpaired) electrons. The van der Waals surface area contributed by atoms with Crippen molar-refractivity contribution in [2.45, 2.75) is 0 Å². The minimum atomic E-state index is 0.457. The van der Waals surface area contributed by atoms with Crippen molar-refractivity contribution in [2.24, 2.45) is 7.05 Å². The predicted octanol–water partition coefficient (Wildman–Crippen LogP) is 2.80. The van der Waals surface area contributed by atoms with Crippen molar-refractivity contribution in [1.29, 1.82) is 0 Å². The number of hydrogen-bond acceptors (Lipinski definition) is 5. The number of rotatable bonds is 2. The molecular formula is C10H7IN4OS. The Balaban J connectivity index is 2.03. The Morgan fingerprint density at radius 2 is 2.18 bits per heavy atom. The summed E-state index contributed by atoms with van der Waals surface area (Å²) in [6, 6.07) is 3.90. The minimum Gasteiger partial charge on any atom is -0.414 e. The zero-order chi connectivity index (χ0) is 11.8. The van der Waals surface area contributed by atoms with E-state index in [-0.39, 0.29) is 0 Å². The van der Waals surface area contributed by atoms with Crippen molar-refractivity contribution < 1.29 is 4.42 Å². The fourth-order valence-electron chi connectivity index (χ4n) is 1.42. The molecule has 0 N–H and O–H groups in total. The standard InChI is InChI=1S/C10H7IN4OS/c1-15-5-6(11)8(14-15)10-13-12-9(16-10)7-3-2-4-17-7/h2-5H,1H3. The third kappa shape index (κ3) is 2.00. The third-order valence-electron chi connectivity index (χ3n) is 2.14. The highest BCUT2D eigenvalue weighted by Gasteiger charge is 2.16. The molecule has 3 rings (SSSR count). The highest BCUT2D eigenvalue weighted by Crippen LogP contribution is 2.28. The lowest BCUT2D eigenvalue weighted by Gasteiger charge is -1.88. The van der Waals surface area contributed by atoms with E-state index in [0.717, 1.165) is 14.1 Å². The van der Waals surface area contributed by atoms with Gasteiger partial charge in [-0.1, -0.05) is 6.07 Å². The van der Waals surface area contributed by atoms with Gasteiger partial charge in [0.1, 0.15) is 0 Å². The lowest BCUT2D eigenvalue weighted by molar-refractivity contribution is 0.581. The molecule has 0 aromatic carbocycles. The number of aryl methyl sites for hydroxylation is 1. The second-order valence-electron chi connectivity index (χ2n) is 3.39. The van der Waals surface area contributed by atoms with Crippen molar-refractivity contribution in [2.75, 3.05) is 0 Å². The van der Waals surface area contributed by atoms with Gasteiger partial charge < -0.3 is 4.42 Å². The molecule has 0 aliphatic carbocycles. The van der Waals surface area contributed by atoms with Crippen LogP contribution in [0.3, 0.4) is 0 Å². The number of aromatic nitrogens is 4. The summed E-state index contributed by atoms with van der Waals surface area (Å²) in [7, 11) is 1.86. The molecular weight excluding hydrogens is 351 g/mol. The molecule has 0 spiro atoms. The number of halogens is 1. The third-order valence-corrected chi connectivity index (χ3v) is 3.79. The van der Waals surface area contributed by atoms with E-state index in [1.807, 2.05) is 30.8 Å². The van der Waals surface area contributed by atoms with E-state index in [4.69, 9.17) is 4.42 Å². The lowest BCUT2D eigenvalue weighted by atomic mass is 10.4. The van der Waals surface area contributed by atoms with E-state index in [1.54, 1.807) is 16.0 Å². The lowest BCUT2D eigenvalue weighted by Crippen LogP contribution is -1.87. The fourth-order valence-corrected chi connectivity index (χ4v) is 2.81. The molecule has 0 saturated carbocycles. The monoisotopic (exact) mass is 358 g/mol. The molecule has 0 fully saturated rings. The quantitative estimate of drug-likeness (QED) is 0.661. The zero-order valence-electron chi connectivity index (χ0n) is 8.79. The van der Waals surface area contributed by atoms with E-state index in [0.29, 0.717) is 11.8 Å². The SMILES string of the molecule is Cn1cc(I)c(-c2nnc(-c3cccs3)o2)n1. The fraction of sp³-hybridized carbons (Fsp3) is 0.100. The Labute approximate surface area is 115 Å². The highest BCUT2D eigenvalue weighted by atomic mass is 127. The molecule has 3 aromatic heterocycles. The molecule has 0 bridgehead atoms. The molecule has 0 amide bonds. The minimum absolute atomic E-state index is 0.457. The topological polar surface area (TPSA) is 56.7 Å². The van der Waals surface area contributed by atoms with Gasteiger partial charge in [0, 0.05) is 13.2 Å². The molecule has 0 atom stereocenters. The first kappa shape index (κ1) is 10.9. The summed E-state index contributed by atoms with van der Waals surface area (Å²) in [5.74, 6) is 0.995. The van der Waals surface area contributed by atoms with Gasteiger partial charge in [-0.3, -0.25) is 4.68 Å². The van der Waals surface area contributed by atoms with Gasteiger partial charge in [-0.25, -0.2) is 0 Å². The summed E-state index contributed by atoms with van der Waals surface area (Å²) in [5, 5.41) is 14.3. The first-order valence-electron chi connectivity index (χ1n) is 4.81. The average molecular weight is 358 g/mol. The summed E-state index contributed by atoms with van der Waals surface area (Å²) < 4.78 is 8.34. The van der Waals surface area contributed by atoms with E-state index in [1.165, 1.54) is 0 Å². The first-order valence-corrected chi connectivity index (χ1v) is 6.77. The molecule has 17 heavy (non-hydrogen) atoms. The summed E-state index contributed by atoms with van der Waals surface area (Å²) in [4.78, 5) is 0.967. The van der Waals surface area contributed by atoms with Crippen LogP contribution in [0.5, 0.6) is 0 Å². The van der Waals surface area contributed by atoms with E-state index >= 15 is 0 Å².